The number of methoxy groups -OCH3 is 1. The summed E-state index contributed by atoms with van der Waals surface area (Å²) >= 11 is 0. The Morgan fingerprint density at radius 1 is 1.09 bits per heavy atom. The number of benzene rings is 1. The van der Waals surface area contributed by atoms with Crippen molar-refractivity contribution in [2.24, 2.45) is 0 Å². The first-order chi connectivity index (χ1) is 15.6. The predicted octanol–water partition coefficient (Wildman–Crippen LogP) is 2.67. The zero-order valence-electron chi connectivity index (χ0n) is 18.4. The van der Waals surface area contributed by atoms with E-state index in [1.807, 2.05) is 30.3 Å². The third-order valence-electron chi connectivity index (χ3n) is 5.63. The van der Waals surface area contributed by atoms with Crippen LogP contribution in [0, 0.1) is 0 Å². The zero-order chi connectivity index (χ0) is 22.8. The van der Waals surface area contributed by atoms with Gasteiger partial charge in [-0.1, -0.05) is 49.6 Å². The van der Waals surface area contributed by atoms with E-state index >= 15 is 0 Å². The minimum Gasteiger partial charge on any atom is -0.459 e. The van der Waals surface area contributed by atoms with Crippen molar-refractivity contribution in [1.82, 2.24) is 15.5 Å². The summed E-state index contributed by atoms with van der Waals surface area (Å²) in [7, 11) is 1.54. The van der Waals surface area contributed by atoms with Crippen LogP contribution >= 0.6 is 0 Å². The molecule has 8 nitrogen and oxygen atoms in total. The monoisotopic (exact) mass is 441 g/mol. The van der Waals surface area contributed by atoms with Gasteiger partial charge in [0.2, 0.25) is 11.8 Å². The summed E-state index contributed by atoms with van der Waals surface area (Å²) in [5.74, 6) is -0.964. The van der Waals surface area contributed by atoms with Crippen molar-refractivity contribution in [3.63, 3.8) is 0 Å². The molecule has 2 N–H and O–H groups in total. The van der Waals surface area contributed by atoms with Crippen LogP contribution in [0.3, 0.4) is 0 Å². The number of carbonyl (C=O) groups is 3. The first kappa shape index (κ1) is 23.5. The Bertz CT molecular complexity index is 863. The maximum atomic E-state index is 13.4. The van der Waals surface area contributed by atoms with Crippen LogP contribution < -0.4 is 10.6 Å². The van der Waals surface area contributed by atoms with E-state index in [9.17, 15) is 14.4 Å². The molecular weight excluding hydrogens is 410 g/mol. The Morgan fingerprint density at radius 3 is 2.50 bits per heavy atom. The van der Waals surface area contributed by atoms with E-state index in [0.717, 1.165) is 25.7 Å². The van der Waals surface area contributed by atoms with Gasteiger partial charge in [0, 0.05) is 19.7 Å². The van der Waals surface area contributed by atoms with E-state index in [2.05, 4.69) is 10.6 Å². The second-order valence-electron chi connectivity index (χ2n) is 7.90. The number of carbonyl (C=O) groups excluding carboxylic acids is 3. The molecule has 1 heterocycles. The Hall–Kier alpha value is -3.13. The van der Waals surface area contributed by atoms with Crippen LogP contribution in [-0.2, 0) is 14.3 Å². The van der Waals surface area contributed by atoms with Crippen LogP contribution in [0.4, 0.5) is 0 Å². The van der Waals surface area contributed by atoms with Crippen molar-refractivity contribution in [1.29, 1.82) is 0 Å². The van der Waals surface area contributed by atoms with Crippen molar-refractivity contribution < 1.29 is 23.5 Å². The lowest BCUT2D eigenvalue weighted by Gasteiger charge is -2.33. The molecule has 0 radical (unpaired) electrons. The normalized spacial score (nSPS) is 15.0. The molecule has 0 spiro atoms. The maximum Gasteiger partial charge on any atom is 0.287 e. The van der Waals surface area contributed by atoms with Crippen LogP contribution in [0.5, 0.6) is 0 Å². The van der Waals surface area contributed by atoms with Gasteiger partial charge < -0.3 is 24.7 Å². The van der Waals surface area contributed by atoms with E-state index in [0.29, 0.717) is 5.56 Å². The molecule has 1 saturated carbocycles. The number of furan rings is 1. The lowest BCUT2D eigenvalue weighted by Crippen LogP contribution is -2.50. The first-order valence-corrected chi connectivity index (χ1v) is 11.1. The summed E-state index contributed by atoms with van der Waals surface area (Å²) in [6, 6.07) is 11.6. The minimum atomic E-state index is -0.818. The quantitative estimate of drug-likeness (QED) is 0.590. The molecule has 2 aromatic rings. The van der Waals surface area contributed by atoms with Crippen molar-refractivity contribution >= 4 is 17.7 Å². The molecule has 172 valence electrons. The average Bonchev–Trinajstić information content (AvgIpc) is 3.36. The summed E-state index contributed by atoms with van der Waals surface area (Å²) < 4.78 is 10.3. The summed E-state index contributed by atoms with van der Waals surface area (Å²) in [6.45, 7) is 0.213. The van der Waals surface area contributed by atoms with Crippen LogP contribution in [0.25, 0.3) is 0 Å². The summed E-state index contributed by atoms with van der Waals surface area (Å²) in [5.41, 5.74) is 0.711. The molecule has 0 aliphatic heterocycles. The van der Waals surface area contributed by atoms with Gasteiger partial charge in [0.1, 0.15) is 6.04 Å². The highest BCUT2D eigenvalue weighted by atomic mass is 16.5. The second-order valence-corrected chi connectivity index (χ2v) is 7.90. The highest BCUT2D eigenvalue weighted by molar-refractivity contribution is 5.95. The maximum absolute atomic E-state index is 13.4. The average molecular weight is 442 g/mol. The van der Waals surface area contributed by atoms with E-state index in [4.69, 9.17) is 9.15 Å². The number of nitrogens with one attached hydrogen (secondary N) is 2. The Labute approximate surface area is 188 Å². The molecule has 1 aliphatic carbocycles. The molecule has 1 atom stereocenters. The predicted molar refractivity (Wildman–Crippen MR) is 119 cm³/mol. The molecule has 32 heavy (non-hydrogen) atoms. The van der Waals surface area contributed by atoms with Crippen LogP contribution in [-0.4, -0.2) is 55.5 Å². The molecular formula is C24H31N3O5. The first-order valence-electron chi connectivity index (χ1n) is 11.1. The number of rotatable bonds is 10. The van der Waals surface area contributed by atoms with Crippen molar-refractivity contribution in [2.45, 2.75) is 44.2 Å². The van der Waals surface area contributed by atoms with Gasteiger partial charge in [-0.05, 0) is 30.5 Å². The number of nitrogens with zero attached hydrogens (tertiary/aromatic N) is 1. The molecule has 1 aromatic heterocycles. The van der Waals surface area contributed by atoms with Crippen molar-refractivity contribution in [2.75, 3.05) is 26.8 Å². The van der Waals surface area contributed by atoms with E-state index in [-0.39, 0.29) is 43.3 Å². The van der Waals surface area contributed by atoms with Crippen molar-refractivity contribution in [3.05, 3.63) is 60.1 Å². The minimum absolute atomic E-state index is 0.112. The molecule has 0 saturated heterocycles. The van der Waals surface area contributed by atoms with Gasteiger partial charge >= 0.3 is 0 Å². The topological polar surface area (TPSA) is 101 Å². The van der Waals surface area contributed by atoms with Gasteiger partial charge in [-0.3, -0.25) is 14.4 Å². The van der Waals surface area contributed by atoms with Gasteiger partial charge in [-0.2, -0.15) is 0 Å². The number of hydrogen-bond acceptors (Lipinski definition) is 5. The molecule has 1 fully saturated rings. The van der Waals surface area contributed by atoms with Gasteiger partial charge in [0.15, 0.2) is 5.76 Å². The molecule has 3 amide bonds. The highest BCUT2D eigenvalue weighted by Crippen LogP contribution is 2.24. The molecule has 0 bridgehead atoms. The number of hydrogen-bond donors (Lipinski definition) is 2. The third-order valence-corrected chi connectivity index (χ3v) is 5.63. The standard InChI is InChI=1S/C24H31N3O5/c1-31-16-14-27(21(28)17-25-23(29)20-13-8-15-32-20)22(18-9-4-2-5-10-18)24(30)26-19-11-6-3-7-12-19/h2,4-5,8-10,13,15,19,22H,3,6-7,11-12,14,16-17H2,1H3,(H,25,29)(H,26,30)/t22-/m0/s1. The Kier molecular flexibility index (Phi) is 8.86. The van der Waals surface area contributed by atoms with Gasteiger partial charge in [-0.25, -0.2) is 0 Å². The Morgan fingerprint density at radius 2 is 1.84 bits per heavy atom. The lowest BCUT2D eigenvalue weighted by atomic mass is 9.94. The van der Waals surface area contributed by atoms with E-state index < -0.39 is 11.9 Å². The fourth-order valence-corrected chi connectivity index (χ4v) is 3.97. The van der Waals surface area contributed by atoms with Gasteiger partial charge in [0.05, 0.1) is 19.4 Å². The summed E-state index contributed by atoms with van der Waals surface area (Å²) in [4.78, 5) is 40.3. The van der Waals surface area contributed by atoms with Crippen LogP contribution in [0.2, 0.25) is 0 Å². The molecule has 3 rings (SSSR count). The molecule has 8 heteroatoms. The molecule has 0 unspecified atom stereocenters. The second kappa shape index (κ2) is 12.0. The highest BCUT2D eigenvalue weighted by Gasteiger charge is 2.32. The van der Waals surface area contributed by atoms with Crippen LogP contribution in [0.1, 0.15) is 54.3 Å². The smallest absolute Gasteiger partial charge is 0.287 e. The summed E-state index contributed by atoms with van der Waals surface area (Å²) in [5, 5.41) is 5.71. The van der Waals surface area contributed by atoms with E-state index in [1.165, 1.54) is 23.7 Å². The third kappa shape index (κ3) is 6.43. The largest absolute Gasteiger partial charge is 0.459 e. The summed E-state index contributed by atoms with van der Waals surface area (Å²) in [6.07, 6.45) is 6.64. The van der Waals surface area contributed by atoms with Gasteiger partial charge in [0.25, 0.3) is 5.91 Å². The Balaban J connectivity index is 1.78. The fraction of sp³-hybridized carbons (Fsp3) is 0.458. The SMILES string of the molecule is COCCN(C(=O)CNC(=O)c1ccco1)[C@H](C(=O)NC1CCCCC1)c1ccccc1. The van der Waals surface area contributed by atoms with E-state index in [1.54, 1.807) is 13.2 Å². The van der Waals surface area contributed by atoms with Crippen molar-refractivity contribution in [3.8, 4) is 0 Å². The van der Waals surface area contributed by atoms with Gasteiger partial charge in [-0.15, -0.1) is 0 Å². The number of ether oxygens (including phenoxy) is 1. The number of amides is 3. The zero-order valence-corrected chi connectivity index (χ0v) is 18.4. The van der Waals surface area contributed by atoms with Crippen LogP contribution in [0.15, 0.2) is 53.1 Å². The lowest BCUT2D eigenvalue weighted by molar-refractivity contribution is -0.141. The fourth-order valence-electron chi connectivity index (χ4n) is 3.97. The molecule has 1 aliphatic rings. The molecule has 1 aromatic carbocycles.